The third-order valence-electron chi connectivity index (χ3n) is 4.50. The highest BCUT2D eigenvalue weighted by atomic mass is 16.4. The maximum absolute atomic E-state index is 12.6. The van der Waals surface area contributed by atoms with Gasteiger partial charge in [0.05, 0.1) is 17.5 Å². The Morgan fingerprint density at radius 2 is 1.91 bits per heavy atom. The van der Waals surface area contributed by atoms with E-state index in [0.717, 1.165) is 17.0 Å². The zero-order valence-corrected chi connectivity index (χ0v) is 13.5. The van der Waals surface area contributed by atoms with Crippen LogP contribution in [0.1, 0.15) is 29.8 Å². The molecule has 0 saturated carbocycles. The molecule has 6 nitrogen and oxygen atoms in total. The van der Waals surface area contributed by atoms with E-state index in [0.29, 0.717) is 19.4 Å². The maximum Gasteiger partial charge on any atom is 0.307 e. The molecule has 1 N–H and O–H groups in total. The van der Waals surface area contributed by atoms with E-state index in [1.54, 1.807) is 16.6 Å². The van der Waals surface area contributed by atoms with Gasteiger partial charge in [0.1, 0.15) is 0 Å². The van der Waals surface area contributed by atoms with Crippen LogP contribution in [0.3, 0.4) is 0 Å². The molecular weight excluding hydrogens is 282 g/mol. The monoisotopic (exact) mass is 305 g/mol. The van der Waals surface area contributed by atoms with Crippen LogP contribution < -0.4 is 0 Å². The number of carbonyl (C=O) groups excluding carboxylic acids is 1. The summed E-state index contributed by atoms with van der Waals surface area (Å²) in [7, 11) is 3.60. The topological polar surface area (TPSA) is 75.4 Å². The molecule has 0 spiro atoms. The number of aliphatic carboxylic acids is 1. The summed E-state index contributed by atoms with van der Waals surface area (Å²) in [5.41, 5.74) is 2.95. The summed E-state index contributed by atoms with van der Waals surface area (Å²) in [5, 5.41) is 13.7. The van der Waals surface area contributed by atoms with E-state index in [1.807, 2.05) is 33.0 Å². The van der Waals surface area contributed by atoms with Crippen LogP contribution in [-0.2, 0) is 23.2 Å². The van der Waals surface area contributed by atoms with Crippen LogP contribution in [0.15, 0.2) is 12.2 Å². The zero-order chi connectivity index (χ0) is 16.4. The number of nitrogens with zero attached hydrogens (tertiary/aromatic N) is 3. The van der Waals surface area contributed by atoms with E-state index in [9.17, 15) is 14.7 Å². The molecule has 2 rings (SSSR count). The molecule has 0 bridgehead atoms. The number of amides is 1. The van der Waals surface area contributed by atoms with Gasteiger partial charge in [-0.05, 0) is 26.7 Å². The molecule has 1 aliphatic rings. The summed E-state index contributed by atoms with van der Waals surface area (Å²) in [6.07, 6.45) is 4.66. The zero-order valence-electron chi connectivity index (χ0n) is 13.5. The lowest BCUT2D eigenvalue weighted by molar-refractivity contribution is -0.150. The fraction of sp³-hybridized carbons (Fsp3) is 0.562. The first-order chi connectivity index (χ1) is 10.3. The minimum atomic E-state index is -0.898. The van der Waals surface area contributed by atoms with Crippen LogP contribution >= 0.6 is 0 Å². The van der Waals surface area contributed by atoms with Crippen LogP contribution in [0.4, 0.5) is 0 Å². The Kier molecular flexibility index (Phi) is 4.68. The quantitative estimate of drug-likeness (QED) is 0.858. The van der Waals surface area contributed by atoms with Crippen molar-refractivity contribution in [3.8, 4) is 0 Å². The highest BCUT2D eigenvalue weighted by Gasteiger charge is 2.35. The van der Waals surface area contributed by atoms with Crippen LogP contribution in [0.2, 0.25) is 0 Å². The number of aromatic nitrogens is 2. The first kappa shape index (κ1) is 16.3. The molecule has 22 heavy (non-hydrogen) atoms. The van der Waals surface area contributed by atoms with Gasteiger partial charge in [0, 0.05) is 31.9 Å². The summed E-state index contributed by atoms with van der Waals surface area (Å²) in [5.74, 6) is -2.12. The van der Waals surface area contributed by atoms with Crippen LogP contribution in [0.5, 0.6) is 0 Å². The Labute approximate surface area is 130 Å². The van der Waals surface area contributed by atoms with Gasteiger partial charge in [0.15, 0.2) is 0 Å². The molecule has 120 valence electrons. The predicted molar refractivity (Wildman–Crippen MR) is 82.1 cm³/mol. The highest BCUT2D eigenvalue weighted by Crippen LogP contribution is 2.28. The van der Waals surface area contributed by atoms with Gasteiger partial charge in [0.25, 0.3) is 0 Å². The number of aryl methyl sites for hydroxylation is 2. The van der Waals surface area contributed by atoms with Crippen LogP contribution in [-0.4, -0.2) is 38.7 Å². The van der Waals surface area contributed by atoms with E-state index in [1.165, 1.54) is 0 Å². The average Bonchev–Trinajstić information content (AvgIpc) is 2.72. The summed E-state index contributed by atoms with van der Waals surface area (Å²) in [4.78, 5) is 25.6. The third kappa shape index (κ3) is 3.05. The largest absolute Gasteiger partial charge is 0.481 e. The van der Waals surface area contributed by atoms with E-state index < -0.39 is 17.8 Å². The summed E-state index contributed by atoms with van der Waals surface area (Å²) in [6, 6.07) is 0. The van der Waals surface area contributed by atoms with Gasteiger partial charge in [0.2, 0.25) is 5.91 Å². The molecule has 1 heterocycles. The Bertz CT molecular complexity index is 618. The molecule has 0 unspecified atom stereocenters. The average molecular weight is 305 g/mol. The molecule has 0 fully saturated rings. The van der Waals surface area contributed by atoms with Crippen molar-refractivity contribution in [1.82, 2.24) is 14.7 Å². The fourth-order valence-electron chi connectivity index (χ4n) is 3.00. The lowest BCUT2D eigenvalue weighted by atomic mass is 9.82. The normalized spacial score (nSPS) is 20.9. The minimum absolute atomic E-state index is 0.112. The molecule has 1 aromatic heterocycles. The highest BCUT2D eigenvalue weighted by molar-refractivity contribution is 5.85. The lowest BCUT2D eigenvalue weighted by Crippen LogP contribution is -2.39. The number of allylic oxidation sites excluding steroid dienone is 2. The predicted octanol–water partition coefficient (Wildman–Crippen LogP) is 1.66. The number of hydrogen-bond acceptors (Lipinski definition) is 3. The molecule has 2 atom stereocenters. The van der Waals surface area contributed by atoms with Crippen molar-refractivity contribution < 1.29 is 14.7 Å². The second kappa shape index (κ2) is 6.34. The smallest absolute Gasteiger partial charge is 0.307 e. The molecule has 0 radical (unpaired) electrons. The van der Waals surface area contributed by atoms with E-state index in [2.05, 4.69) is 5.10 Å². The van der Waals surface area contributed by atoms with Gasteiger partial charge in [-0.25, -0.2) is 0 Å². The van der Waals surface area contributed by atoms with E-state index >= 15 is 0 Å². The van der Waals surface area contributed by atoms with Crippen molar-refractivity contribution in [3.63, 3.8) is 0 Å². The van der Waals surface area contributed by atoms with Crippen molar-refractivity contribution in [1.29, 1.82) is 0 Å². The third-order valence-corrected chi connectivity index (χ3v) is 4.50. The summed E-state index contributed by atoms with van der Waals surface area (Å²) < 4.78 is 1.80. The number of carboxylic acids is 1. The van der Waals surface area contributed by atoms with Crippen molar-refractivity contribution in [3.05, 3.63) is 29.1 Å². The van der Waals surface area contributed by atoms with Gasteiger partial charge in [-0.2, -0.15) is 5.10 Å². The molecular formula is C16H23N3O3. The van der Waals surface area contributed by atoms with Crippen molar-refractivity contribution in [2.24, 2.45) is 18.9 Å². The molecule has 0 saturated heterocycles. The van der Waals surface area contributed by atoms with Gasteiger partial charge in [-0.15, -0.1) is 0 Å². The Hall–Kier alpha value is -2.11. The van der Waals surface area contributed by atoms with Gasteiger partial charge < -0.3 is 10.0 Å². The molecule has 1 aromatic rings. The van der Waals surface area contributed by atoms with E-state index in [-0.39, 0.29) is 5.91 Å². The summed E-state index contributed by atoms with van der Waals surface area (Å²) in [6.45, 7) is 4.35. The first-order valence-electron chi connectivity index (χ1n) is 7.44. The second-order valence-corrected chi connectivity index (χ2v) is 5.96. The molecule has 0 aromatic carbocycles. The number of carbonyl (C=O) groups is 2. The molecule has 6 heteroatoms. The Morgan fingerprint density at radius 1 is 1.32 bits per heavy atom. The van der Waals surface area contributed by atoms with Gasteiger partial charge >= 0.3 is 5.97 Å². The molecule has 0 aliphatic heterocycles. The van der Waals surface area contributed by atoms with Gasteiger partial charge in [-0.3, -0.25) is 14.3 Å². The van der Waals surface area contributed by atoms with E-state index in [4.69, 9.17) is 0 Å². The fourth-order valence-corrected chi connectivity index (χ4v) is 3.00. The first-order valence-corrected chi connectivity index (χ1v) is 7.44. The van der Waals surface area contributed by atoms with Crippen LogP contribution in [0.25, 0.3) is 0 Å². The minimum Gasteiger partial charge on any atom is -0.481 e. The van der Waals surface area contributed by atoms with Gasteiger partial charge in [-0.1, -0.05) is 12.2 Å². The number of carboxylic acid groups (broad SMARTS) is 1. The Balaban J connectivity index is 2.14. The maximum atomic E-state index is 12.6. The molecule has 1 aliphatic carbocycles. The Morgan fingerprint density at radius 3 is 2.41 bits per heavy atom. The standard InChI is InChI=1S/C16H23N3O3/c1-10-14(11(2)19(4)17-10)9-18(3)15(20)12-7-5-6-8-13(12)16(21)22/h5-6,12-13H,7-9H2,1-4H3,(H,21,22)/t12-,13-/m0/s1. The van der Waals surface area contributed by atoms with Crippen LogP contribution in [0, 0.1) is 25.7 Å². The van der Waals surface area contributed by atoms with Crippen molar-refractivity contribution in [2.45, 2.75) is 33.2 Å². The number of rotatable bonds is 4. The summed E-state index contributed by atoms with van der Waals surface area (Å²) >= 11 is 0. The van der Waals surface area contributed by atoms with Crippen molar-refractivity contribution >= 4 is 11.9 Å². The SMILES string of the molecule is Cc1nn(C)c(C)c1CN(C)C(=O)[C@H]1CC=CC[C@@H]1C(=O)O. The molecule has 1 amide bonds. The number of hydrogen-bond donors (Lipinski definition) is 1. The second-order valence-electron chi connectivity index (χ2n) is 5.96. The lowest BCUT2D eigenvalue weighted by Gasteiger charge is -2.28. The van der Waals surface area contributed by atoms with Crippen molar-refractivity contribution in [2.75, 3.05) is 7.05 Å².